The lowest BCUT2D eigenvalue weighted by Gasteiger charge is -2.32. The van der Waals surface area contributed by atoms with Crippen LogP contribution in [0, 0.1) is 12.7 Å². The third-order valence-electron chi connectivity index (χ3n) is 3.57. The number of halogens is 1. The zero-order valence-corrected chi connectivity index (χ0v) is 10.2. The van der Waals surface area contributed by atoms with Gasteiger partial charge in [0, 0.05) is 12.0 Å². The van der Waals surface area contributed by atoms with Crippen molar-refractivity contribution >= 4 is 0 Å². The summed E-state index contributed by atoms with van der Waals surface area (Å²) in [6.45, 7) is 5.97. The van der Waals surface area contributed by atoms with Crippen LogP contribution in [0.1, 0.15) is 36.3 Å². The fourth-order valence-corrected chi connectivity index (χ4v) is 2.61. The Hall–Kier alpha value is -1.19. The predicted molar refractivity (Wildman–Crippen MR) is 68.0 cm³/mol. The average Bonchev–Trinajstić information content (AvgIpc) is 2.32. The van der Waals surface area contributed by atoms with Crippen molar-refractivity contribution in [2.24, 2.45) is 5.84 Å². The molecule has 0 aliphatic heterocycles. The summed E-state index contributed by atoms with van der Waals surface area (Å²) in [6, 6.07) is 5.36. The smallest absolute Gasteiger partial charge is 0.126 e. The highest BCUT2D eigenvalue weighted by Crippen LogP contribution is 2.36. The Bertz CT molecular complexity index is 428. The third kappa shape index (κ3) is 2.56. The van der Waals surface area contributed by atoms with Gasteiger partial charge in [-0.25, -0.2) is 4.39 Å². The van der Waals surface area contributed by atoms with E-state index < -0.39 is 0 Å². The van der Waals surface area contributed by atoms with Crippen LogP contribution in [0.15, 0.2) is 30.4 Å². The number of hydrazine groups is 1. The third-order valence-corrected chi connectivity index (χ3v) is 3.57. The molecule has 0 bridgehead atoms. The first-order valence-corrected chi connectivity index (χ1v) is 6.00. The van der Waals surface area contributed by atoms with Crippen LogP contribution in [0.3, 0.4) is 0 Å². The SMILES string of the molecule is C=C1CC[C@H](c2cc(C)ccc2F)C(NN)C1. The van der Waals surface area contributed by atoms with Crippen LogP contribution in [0.4, 0.5) is 4.39 Å². The predicted octanol–water partition coefficient (Wildman–Crippen LogP) is 2.79. The van der Waals surface area contributed by atoms with Gasteiger partial charge in [0.1, 0.15) is 5.82 Å². The molecule has 1 aromatic rings. The van der Waals surface area contributed by atoms with E-state index in [1.165, 1.54) is 5.57 Å². The molecule has 1 aliphatic rings. The second-order valence-corrected chi connectivity index (χ2v) is 4.90. The van der Waals surface area contributed by atoms with E-state index in [1.54, 1.807) is 12.1 Å². The largest absolute Gasteiger partial charge is 0.271 e. The maximum Gasteiger partial charge on any atom is 0.126 e. The minimum atomic E-state index is -0.131. The molecule has 2 nitrogen and oxygen atoms in total. The second kappa shape index (κ2) is 4.98. The van der Waals surface area contributed by atoms with Gasteiger partial charge in [0.15, 0.2) is 0 Å². The van der Waals surface area contributed by atoms with Crippen molar-refractivity contribution in [3.8, 4) is 0 Å². The first-order valence-electron chi connectivity index (χ1n) is 6.00. The molecule has 3 N–H and O–H groups in total. The zero-order valence-electron chi connectivity index (χ0n) is 10.2. The number of aryl methyl sites for hydroxylation is 1. The summed E-state index contributed by atoms with van der Waals surface area (Å²) in [5.74, 6) is 5.58. The molecular weight excluding hydrogens is 215 g/mol. The van der Waals surface area contributed by atoms with Gasteiger partial charge in [-0.05, 0) is 37.8 Å². The monoisotopic (exact) mass is 234 g/mol. The van der Waals surface area contributed by atoms with Crippen LogP contribution in [-0.2, 0) is 0 Å². The van der Waals surface area contributed by atoms with Gasteiger partial charge in [-0.1, -0.05) is 29.8 Å². The average molecular weight is 234 g/mol. The molecule has 1 aliphatic carbocycles. The summed E-state index contributed by atoms with van der Waals surface area (Å²) in [5, 5.41) is 0. The van der Waals surface area contributed by atoms with Gasteiger partial charge in [0.05, 0.1) is 0 Å². The molecule has 0 saturated heterocycles. The first kappa shape index (κ1) is 12.3. The van der Waals surface area contributed by atoms with Crippen molar-refractivity contribution in [2.75, 3.05) is 0 Å². The lowest BCUT2D eigenvalue weighted by molar-refractivity contribution is 0.370. The Morgan fingerprint density at radius 1 is 1.47 bits per heavy atom. The summed E-state index contributed by atoms with van der Waals surface area (Å²) in [5.41, 5.74) is 5.86. The Morgan fingerprint density at radius 2 is 2.24 bits per heavy atom. The Morgan fingerprint density at radius 3 is 2.94 bits per heavy atom. The lowest BCUT2D eigenvalue weighted by Crippen LogP contribution is -2.42. The molecule has 2 rings (SSSR count). The maximum absolute atomic E-state index is 13.9. The number of nitrogens with two attached hydrogens (primary N) is 1. The molecule has 0 spiro atoms. The van der Waals surface area contributed by atoms with Crippen molar-refractivity contribution in [1.29, 1.82) is 0 Å². The molecule has 0 heterocycles. The molecule has 2 atom stereocenters. The highest BCUT2D eigenvalue weighted by atomic mass is 19.1. The van der Waals surface area contributed by atoms with Gasteiger partial charge in [0.25, 0.3) is 0 Å². The molecule has 1 saturated carbocycles. The molecule has 0 amide bonds. The van der Waals surface area contributed by atoms with Gasteiger partial charge >= 0.3 is 0 Å². The number of rotatable bonds is 2. The minimum absolute atomic E-state index is 0.0903. The molecule has 1 aromatic carbocycles. The molecule has 92 valence electrons. The number of benzene rings is 1. The highest BCUT2D eigenvalue weighted by Gasteiger charge is 2.29. The molecule has 1 unspecified atom stereocenters. The van der Waals surface area contributed by atoms with Crippen molar-refractivity contribution in [3.63, 3.8) is 0 Å². The van der Waals surface area contributed by atoms with Crippen molar-refractivity contribution in [1.82, 2.24) is 5.43 Å². The van der Waals surface area contributed by atoms with Crippen LogP contribution < -0.4 is 11.3 Å². The van der Waals surface area contributed by atoms with E-state index >= 15 is 0 Å². The quantitative estimate of drug-likeness (QED) is 0.469. The van der Waals surface area contributed by atoms with E-state index in [2.05, 4.69) is 12.0 Å². The van der Waals surface area contributed by atoms with Gasteiger partial charge in [-0.3, -0.25) is 11.3 Å². The maximum atomic E-state index is 13.9. The van der Waals surface area contributed by atoms with Gasteiger partial charge < -0.3 is 0 Å². The van der Waals surface area contributed by atoms with Crippen molar-refractivity contribution < 1.29 is 4.39 Å². The van der Waals surface area contributed by atoms with Crippen molar-refractivity contribution in [2.45, 2.75) is 38.1 Å². The van der Waals surface area contributed by atoms with E-state index in [1.807, 2.05) is 13.0 Å². The molecule has 1 fully saturated rings. The molecule has 0 aromatic heterocycles. The van der Waals surface area contributed by atoms with E-state index in [0.29, 0.717) is 0 Å². The Labute approximate surface area is 102 Å². The molecule has 17 heavy (non-hydrogen) atoms. The fourth-order valence-electron chi connectivity index (χ4n) is 2.61. The van der Waals surface area contributed by atoms with Crippen LogP contribution in [0.5, 0.6) is 0 Å². The van der Waals surface area contributed by atoms with Crippen LogP contribution >= 0.6 is 0 Å². The molecule has 3 heteroatoms. The van der Waals surface area contributed by atoms with Gasteiger partial charge in [-0.15, -0.1) is 0 Å². The lowest BCUT2D eigenvalue weighted by atomic mass is 9.78. The normalized spacial score (nSPS) is 25.0. The van der Waals surface area contributed by atoms with E-state index in [-0.39, 0.29) is 17.8 Å². The van der Waals surface area contributed by atoms with Crippen LogP contribution in [0.25, 0.3) is 0 Å². The number of hydrogen-bond donors (Lipinski definition) is 2. The first-order chi connectivity index (χ1) is 8.11. The summed E-state index contributed by atoms with van der Waals surface area (Å²) < 4.78 is 13.9. The van der Waals surface area contributed by atoms with Gasteiger partial charge in [-0.2, -0.15) is 0 Å². The second-order valence-electron chi connectivity index (χ2n) is 4.90. The highest BCUT2D eigenvalue weighted by molar-refractivity contribution is 5.30. The van der Waals surface area contributed by atoms with Crippen LogP contribution in [0.2, 0.25) is 0 Å². The summed E-state index contributed by atoms with van der Waals surface area (Å²) >= 11 is 0. The van der Waals surface area contributed by atoms with Gasteiger partial charge in [0.2, 0.25) is 0 Å². The zero-order chi connectivity index (χ0) is 12.4. The Kier molecular flexibility index (Phi) is 3.60. The van der Waals surface area contributed by atoms with E-state index in [9.17, 15) is 4.39 Å². The topological polar surface area (TPSA) is 38.0 Å². The standard InChI is InChI=1S/C14H19FN2/c1-9-4-6-13(15)12(7-9)11-5-3-10(2)8-14(11)17-16/h4,6-7,11,14,17H,2-3,5,8,16H2,1H3/t11-,14?/m1/s1. The fraction of sp³-hybridized carbons (Fsp3) is 0.429. The molecular formula is C14H19FN2. The number of hydrogen-bond acceptors (Lipinski definition) is 2. The summed E-state index contributed by atoms with van der Waals surface area (Å²) in [4.78, 5) is 0. The van der Waals surface area contributed by atoms with Crippen LogP contribution in [-0.4, -0.2) is 6.04 Å². The molecule has 0 radical (unpaired) electrons. The minimum Gasteiger partial charge on any atom is -0.271 e. The summed E-state index contributed by atoms with van der Waals surface area (Å²) in [6.07, 6.45) is 2.69. The number of nitrogens with one attached hydrogen (secondary N) is 1. The van der Waals surface area contributed by atoms with E-state index in [0.717, 1.165) is 30.4 Å². The van der Waals surface area contributed by atoms with Crippen molar-refractivity contribution in [3.05, 3.63) is 47.3 Å². The summed E-state index contributed by atoms with van der Waals surface area (Å²) in [7, 11) is 0. The Balaban J connectivity index is 2.31. The van der Waals surface area contributed by atoms with E-state index in [4.69, 9.17) is 5.84 Å².